The largest absolute Gasteiger partial charge is 0.503 e. The van der Waals surface area contributed by atoms with E-state index in [1.807, 2.05) is 26.0 Å². The number of furan rings is 1. The number of anilines is 1. The molecule has 1 atom stereocenters. The Morgan fingerprint density at radius 2 is 1.89 bits per heavy atom. The molecule has 0 spiro atoms. The molecule has 1 aliphatic rings. The number of ketones is 1. The van der Waals surface area contributed by atoms with Gasteiger partial charge < -0.3 is 19.0 Å². The molecule has 0 saturated heterocycles. The molecular weight excluding hydrogens is 480 g/mol. The summed E-state index contributed by atoms with van der Waals surface area (Å²) in [6, 6.07) is 11.3. The second kappa shape index (κ2) is 8.83. The van der Waals surface area contributed by atoms with Crippen LogP contribution in [0.5, 0.6) is 11.5 Å². The van der Waals surface area contributed by atoms with E-state index in [0.717, 1.165) is 21.3 Å². The van der Waals surface area contributed by atoms with E-state index in [1.54, 1.807) is 31.2 Å². The van der Waals surface area contributed by atoms with Crippen molar-refractivity contribution >= 4 is 38.4 Å². The summed E-state index contributed by atoms with van der Waals surface area (Å²) in [6.07, 6.45) is 0. The summed E-state index contributed by atoms with van der Waals surface area (Å²) in [5, 5.41) is 11.4. The number of fused-ring (bicyclic) bond motifs is 1. The van der Waals surface area contributed by atoms with E-state index < -0.39 is 23.5 Å². The summed E-state index contributed by atoms with van der Waals surface area (Å²) in [5.41, 5.74) is 3.14. The standard InChI is InChI=1S/C27H24N2O6S/c1-13-11-14(2)21-19(12-13)36-27(28-21)29-22(16-7-6-8-18(33-4)25(16)34-5)20(24(31)26(29)32)23(30)17-10-9-15(3)35-17/h6-12,22,31H,1-5H3. The van der Waals surface area contributed by atoms with E-state index in [-0.39, 0.29) is 11.3 Å². The first kappa shape index (κ1) is 23.6. The van der Waals surface area contributed by atoms with E-state index >= 15 is 0 Å². The molecule has 4 aromatic rings. The normalized spacial score (nSPS) is 15.8. The lowest BCUT2D eigenvalue weighted by Gasteiger charge is -2.26. The molecule has 0 fully saturated rings. The van der Waals surface area contributed by atoms with E-state index in [1.165, 1.54) is 36.5 Å². The highest BCUT2D eigenvalue weighted by Gasteiger charge is 2.48. The molecule has 1 aliphatic heterocycles. The number of rotatable bonds is 6. The molecule has 0 bridgehead atoms. The van der Waals surface area contributed by atoms with Crippen LogP contribution in [0.2, 0.25) is 0 Å². The summed E-state index contributed by atoms with van der Waals surface area (Å²) in [7, 11) is 2.98. The van der Waals surface area contributed by atoms with Gasteiger partial charge in [-0.25, -0.2) is 4.98 Å². The molecule has 0 saturated carbocycles. The average Bonchev–Trinajstić information content (AvgIpc) is 3.54. The Hall–Kier alpha value is -4.11. The Kier molecular flexibility index (Phi) is 5.80. The van der Waals surface area contributed by atoms with E-state index in [9.17, 15) is 14.7 Å². The summed E-state index contributed by atoms with van der Waals surface area (Å²) in [5.74, 6) is -0.671. The predicted molar refractivity (Wildman–Crippen MR) is 136 cm³/mol. The summed E-state index contributed by atoms with van der Waals surface area (Å²) >= 11 is 1.31. The van der Waals surface area contributed by atoms with Crippen LogP contribution in [0, 0.1) is 20.8 Å². The van der Waals surface area contributed by atoms with Gasteiger partial charge in [0.15, 0.2) is 28.1 Å². The molecular formula is C27H24N2O6S. The van der Waals surface area contributed by atoms with Crippen molar-refractivity contribution in [1.29, 1.82) is 0 Å². The van der Waals surface area contributed by atoms with Crippen LogP contribution in [0.15, 0.2) is 58.2 Å². The van der Waals surface area contributed by atoms with Crippen molar-refractivity contribution in [3.63, 3.8) is 0 Å². The van der Waals surface area contributed by atoms with Gasteiger partial charge in [0, 0.05) is 5.56 Å². The quantitative estimate of drug-likeness (QED) is 0.340. The fourth-order valence-electron chi connectivity index (χ4n) is 4.61. The molecule has 5 rings (SSSR count). The average molecular weight is 505 g/mol. The van der Waals surface area contributed by atoms with Crippen LogP contribution in [-0.2, 0) is 4.79 Å². The fraction of sp³-hybridized carbons (Fsp3) is 0.222. The number of methoxy groups -OCH3 is 2. The number of nitrogens with zero attached hydrogens (tertiary/aromatic N) is 2. The molecule has 3 heterocycles. The fourth-order valence-corrected chi connectivity index (χ4v) is 5.78. The number of para-hydroxylation sites is 1. The first-order valence-electron chi connectivity index (χ1n) is 11.2. The molecule has 1 N–H and O–H groups in total. The maximum Gasteiger partial charge on any atom is 0.296 e. The van der Waals surface area contributed by atoms with Crippen LogP contribution in [0.3, 0.4) is 0 Å². The minimum Gasteiger partial charge on any atom is -0.503 e. The van der Waals surface area contributed by atoms with E-state index in [0.29, 0.717) is 28.0 Å². The van der Waals surface area contributed by atoms with Crippen LogP contribution in [0.1, 0.15) is 39.0 Å². The smallest absolute Gasteiger partial charge is 0.296 e. The van der Waals surface area contributed by atoms with Gasteiger partial charge in [-0.15, -0.1) is 0 Å². The summed E-state index contributed by atoms with van der Waals surface area (Å²) < 4.78 is 17.6. The number of aryl methyl sites for hydroxylation is 3. The Morgan fingerprint density at radius 3 is 2.56 bits per heavy atom. The van der Waals surface area contributed by atoms with Gasteiger partial charge in [0.2, 0.25) is 5.78 Å². The highest BCUT2D eigenvalue weighted by atomic mass is 32.1. The molecule has 1 amide bonds. The first-order chi connectivity index (χ1) is 17.2. The molecule has 0 radical (unpaired) electrons. The van der Waals surface area contributed by atoms with Crippen molar-refractivity contribution in [1.82, 2.24) is 4.98 Å². The van der Waals surface area contributed by atoms with Gasteiger partial charge in [0.05, 0.1) is 30.0 Å². The van der Waals surface area contributed by atoms with Crippen LogP contribution in [-0.4, -0.2) is 36.0 Å². The van der Waals surface area contributed by atoms with Gasteiger partial charge in [0.25, 0.3) is 5.91 Å². The summed E-state index contributed by atoms with van der Waals surface area (Å²) in [6.45, 7) is 5.66. The predicted octanol–water partition coefficient (Wildman–Crippen LogP) is 5.61. The molecule has 2 aromatic carbocycles. The third-order valence-corrected chi connectivity index (χ3v) is 7.17. The lowest BCUT2D eigenvalue weighted by atomic mass is 9.94. The number of hydrogen-bond donors (Lipinski definition) is 1. The Bertz CT molecular complexity index is 1560. The maximum atomic E-state index is 13.6. The number of aromatic nitrogens is 1. The number of ether oxygens (including phenoxy) is 2. The van der Waals surface area contributed by atoms with Crippen molar-refractivity contribution in [2.24, 2.45) is 0 Å². The Labute approximate surface area is 211 Å². The van der Waals surface area contributed by atoms with Crippen molar-refractivity contribution in [2.75, 3.05) is 19.1 Å². The number of hydrogen-bond acceptors (Lipinski definition) is 8. The van der Waals surface area contributed by atoms with Crippen LogP contribution in [0.4, 0.5) is 5.13 Å². The molecule has 0 aliphatic carbocycles. The minimum atomic E-state index is -1.03. The monoisotopic (exact) mass is 504 g/mol. The van der Waals surface area contributed by atoms with Crippen LogP contribution in [0.25, 0.3) is 10.2 Å². The van der Waals surface area contributed by atoms with Crippen molar-refractivity contribution in [3.05, 3.63) is 82.0 Å². The lowest BCUT2D eigenvalue weighted by molar-refractivity contribution is -0.117. The second-order valence-electron chi connectivity index (χ2n) is 8.59. The van der Waals surface area contributed by atoms with Gasteiger partial charge in [-0.2, -0.15) is 0 Å². The van der Waals surface area contributed by atoms with Gasteiger partial charge in [-0.3, -0.25) is 14.5 Å². The van der Waals surface area contributed by atoms with Gasteiger partial charge in [-0.1, -0.05) is 29.5 Å². The molecule has 1 unspecified atom stereocenters. The number of benzene rings is 2. The minimum absolute atomic E-state index is 0.0198. The van der Waals surface area contributed by atoms with Gasteiger partial charge in [-0.05, 0) is 56.2 Å². The maximum absolute atomic E-state index is 13.6. The number of aliphatic hydroxyl groups excluding tert-OH is 1. The number of Topliss-reactive ketones (excluding diaryl/α,β-unsaturated/α-hetero) is 1. The number of aliphatic hydroxyl groups is 1. The molecule has 8 nitrogen and oxygen atoms in total. The first-order valence-corrected chi connectivity index (χ1v) is 12.0. The van der Waals surface area contributed by atoms with Crippen molar-refractivity contribution in [3.8, 4) is 11.5 Å². The number of carbonyl (C=O) groups excluding carboxylic acids is 2. The third-order valence-electron chi connectivity index (χ3n) is 6.17. The van der Waals surface area contributed by atoms with Gasteiger partial charge in [0.1, 0.15) is 11.8 Å². The zero-order valence-corrected chi connectivity index (χ0v) is 21.2. The zero-order chi connectivity index (χ0) is 25.7. The van der Waals surface area contributed by atoms with Crippen molar-refractivity contribution in [2.45, 2.75) is 26.8 Å². The lowest BCUT2D eigenvalue weighted by Crippen LogP contribution is -2.31. The highest BCUT2D eigenvalue weighted by Crippen LogP contribution is 2.48. The van der Waals surface area contributed by atoms with E-state index in [2.05, 4.69) is 0 Å². The zero-order valence-electron chi connectivity index (χ0n) is 20.4. The van der Waals surface area contributed by atoms with Crippen LogP contribution < -0.4 is 14.4 Å². The Balaban J connectivity index is 1.75. The second-order valence-corrected chi connectivity index (χ2v) is 9.60. The topological polar surface area (TPSA) is 102 Å². The van der Waals surface area contributed by atoms with Crippen LogP contribution >= 0.6 is 11.3 Å². The SMILES string of the molecule is COc1cccc(C2C(C(=O)c3ccc(C)o3)=C(O)C(=O)N2c2nc3c(C)cc(C)cc3s2)c1OC. The molecule has 2 aromatic heterocycles. The Morgan fingerprint density at radius 1 is 1.11 bits per heavy atom. The number of amides is 1. The van der Waals surface area contributed by atoms with Crippen molar-refractivity contribution < 1.29 is 28.6 Å². The number of thiazole rings is 1. The summed E-state index contributed by atoms with van der Waals surface area (Å²) in [4.78, 5) is 33.3. The molecule has 184 valence electrons. The highest BCUT2D eigenvalue weighted by molar-refractivity contribution is 7.22. The molecule has 9 heteroatoms. The molecule has 36 heavy (non-hydrogen) atoms. The third kappa shape index (κ3) is 3.63. The number of carbonyl (C=O) groups is 2. The van der Waals surface area contributed by atoms with Gasteiger partial charge >= 0.3 is 0 Å². The van der Waals surface area contributed by atoms with E-state index in [4.69, 9.17) is 18.9 Å².